The van der Waals surface area contributed by atoms with Crippen LogP contribution in [0.5, 0.6) is 5.75 Å². The molecule has 154 valence electrons. The highest BCUT2D eigenvalue weighted by atomic mass is 35.5. The van der Waals surface area contributed by atoms with Crippen molar-refractivity contribution >= 4 is 40.5 Å². The van der Waals surface area contributed by atoms with E-state index in [0.717, 1.165) is 42.1 Å². The molecule has 0 spiro atoms. The van der Waals surface area contributed by atoms with Crippen molar-refractivity contribution < 1.29 is 4.74 Å². The van der Waals surface area contributed by atoms with E-state index in [1.54, 1.807) is 12.1 Å². The minimum Gasteiger partial charge on any atom is -0.487 e. The van der Waals surface area contributed by atoms with Crippen LogP contribution in [0.1, 0.15) is 50.0 Å². The summed E-state index contributed by atoms with van der Waals surface area (Å²) in [5, 5.41) is 9.00. The Morgan fingerprint density at radius 2 is 1.69 bits per heavy atom. The van der Waals surface area contributed by atoms with E-state index in [4.69, 9.17) is 39.5 Å². The molecule has 1 saturated carbocycles. The summed E-state index contributed by atoms with van der Waals surface area (Å²) in [6.45, 7) is 1.94. The Hall–Kier alpha value is -1.13. The van der Waals surface area contributed by atoms with Gasteiger partial charge in [-0.3, -0.25) is 0 Å². The lowest BCUT2D eigenvalue weighted by Gasteiger charge is -2.25. The first-order valence-corrected chi connectivity index (χ1v) is 11.7. The van der Waals surface area contributed by atoms with Crippen LogP contribution >= 0.6 is 34.8 Å². The molecule has 2 heterocycles. The van der Waals surface area contributed by atoms with Crippen LogP contribution in [0.2, 0.25) is 15.1 Å². The summed E-state index contributed by atoms with van der Waals surface area (Å²) in [7, 11) is 0. The van der Waals surface area contributed by atoms with E-state index in [1.807, 2.05) is 0 Å². The van der Waals surface area contributed by atoms with Gasteiger partial charge in [0.15, 0.2) is 0 Å². The molecule has 3 nitrogen and oxygen atoms in total. The van der Waals surface area contributed by atoms with Crippen LogP contribution in [0.4, 0.5) is 5.69 Å². The van der Waals surface area contributed by atoms with E-state index < -0.39 is 0 Å². The van der Waals surface area contributed by atoms with E-state index in [9.17, 15) is 0 Å². The third-order valence-electron chi connectivity index (χ3n) is 6.47. The van der Waals surface area contributed by atoms with E-state index in [2.05, 4.69) is 22.8 Å². The Balaban J connectivity index is 1.60. The van der Waals surface area contributed by atoms with Crippen LogP contribution in [-0.4, -0.2) is 25.2 Å². The largest absolute Gasteiger partial charge is 0.487 e. The fourth-order valence-corrected chi connectivity index (χ4v) is 6.07. The lowest BCUT2D eigenvalue weighted by molar-refractivity contribution is 0.173. The smallest absolute Gasteiger partial charge is 0.146 e. The zero-order valence-corrected chi connectivity index (χ0v) is 18.5. The fraction of sp³-hybridized carbons (Fsp3) is 0.478. The van der Waals surface area contributed by atoms with Crippen molar-refractivity contribution in [2.24, 2.45) is 0 Å². The second kappa shape index (κ2) is 8.19. The molecule has 2 atom stereocenters. The van der Waals surface area contributed by atoms with Crippen molar-refractivity contribution in [1.29, 1.82) is 0 Å². The van der Waals surface area contributed by atoms with Gasteiger partial charge in [0.2, 0.25) is 0 Å². The number of nitrogens with one attached hydrogen (secondary N) is 2. The number of anilines is 1. The normalized spacial score (nSPS) is 24.0. The Bertz CT molecular complexity index is 904. The highest BCUT2D eigenvalue weighted by molar-refractivity contribution is 6.41. The van der Waals surface area contributed by atoms with Gasteiger partial charge in [-0.2, -0.15) is 0 Å². The molecule has 29 heavy (non-hydrogen) atoms. The van der Waals surface area contributed by atoms with Gasteiger partial charge in [0.25, 0.3) is 0 Å². The number of piperidine rings is 1. The predicted molar refractivity (Wildman–Crippen MR) is 122 cm³/mol. The maximum atomic E-state index is 6.57. The maximum absolute atomic E-state index is 6.57. The van der Waals surface area contributed by atoms with Crippen molar-refractivity contribution in [2.75, 3.05) is 18.4 Å². The topological polar surface area (TPSA) is 33.3 Å². The molecule has 6 heteroatoms. The third-order valence-corrected chi connectivity index (χ3v) is 7.28. The summed E-state index contributed by atoms with van der Waals surface area (Å²) >= 11 is 19.3. The van der Waals surface area contributed by atoms with E-state index in [1.165, 1.54) is 37.7 Å². The van der Waals surface area contributed by atoms with Gasteiger partial charge in [-0.05, 0) is 55.6 Å². The highest BCUT2D eigenvalue weighted by Gasteiger charge is 2.38. The van der Waals surface area contributed by atoms with Crippen LogP contribution in [-0.2, 0) is 0 Å². The van der Waals surface area contributed by atoms with Gasteiger partial charge in [0, 0.05) is 34.7 Å². The molecule has 2 aromatic rings. The number of benzene rings is 2. The first-order valence-electron chi connectivity index (χ1n) is 10.6. The molecular formula is C23H25Cl3N2O. The minimum atomic E-state index is 0.240. The number of hydrogen-bond acceptors (Lipinski definition) is 3. The molecule has 1 saturated heterocycles. The van der Waals surface area contributed by atoms with E-state index in [-0.39, 0.29) is 6.10 Å². The zero-order valence-electron chi connectivity index (χ0n) is 16.2. The van der Waals surface area contributed by atoms with Crippen LogP contribution in [0.3, 0.4) is 0 Å². The van der Waals surface area contributed by atoms with Crippen molar-refractivity contribution in [3.05, 3.63) is 44.9 Å². The molecule has 2 N–H and O–H groups in total. The fourth-order valence-electron chi connectivity index (χ4n) is 5.03. The molecular weight excluding hydrogens is 427 g/mol. The quantitative estimate of drug-likeness (QED) is 0.532. The summed E-state index contributed by atoms with van der Waals surface area (Å²) in [4.78, 5) is 0. The third kappa shape index (κ3) is 3.83. The van der Waals surface area contributed by atoms with Crippen molar-refractivity contribution in [1.82, 2.24) is 5.32 Å². The number of fused-ring (bicyclic) bond motifs is 3. The Labute approximate surface area is 187 Å². The average molecular weight is 452 g/mol. The van der Waals surface area contributed by atoms with Crippen LogP contribution < -0.4 is 15.4 Å². The van der Waals surface area contributed by atoms with Gasteiger partial charge < -0.3 is 15.4 Å². The van der Waals surface area contributed by atoms with Crippen molar-refractivity contribution in [2.45, 2.75) is 56.6 Å². The zero-order chi connectivity index (χ0) is 20.0. The first kappa shape index (κ1) is 19.8. The number of rotatable bonds is 3. The maximum Gasteiger partial charge on any atom is 0.146 e. The monoisotopic (exact) mass is 450 g/mol. The molecule has 0 aromatic heterocycles. The number of hydrogen-bond donors (Lipinski definition) is 2. The van der Waals surface area contributed by atoms with Crippen LogP contribution in [0.25, 0.3) is 11.1 Å². The summed E-state index contributed by atoms with van der Waals surface area (Å²) in [6.07, 6.45) is 7.57. The van der Waals surface area contributed by atoms with Crippen molar-refractivity contribution in [3.63, 3.8) is 0 Å². The second-order valence-corrected chi connectivity index (χ2v) is 9.67. The van der Waals surface area contributed by atoms with Crippen molar-refractivity contribution in [3.8, 4) is 16.9 Å². The molecule has 2 aliphatic heterocycles. The molecule has 1 aliphatic carbocycles. The molecule has 2 unspecified atom stereocenters. The van der Waals surface area contributed by atoms with E-state index in [0.29, 0.717) is 27.0 Å². The Kier molecular flexibility index (Phi) is 5.59. The first-order chi connectivity index (χ1) is 14.1. The highest BCUT2D eigenvalue weighted by Crippen LogP contribution is 2.49. The average Bonchev–Trinajstić information content (AvgIpc) is 3.07. The molecule has 0 radical (unpaired) electrons. The lowest BCUT2D eigenvalue weighted by atomic mass is 9.88. The summed E-state index contributed by atoms with van der Waals surface area (Å²) in [5.74, 6) is 1.37. The predicted octanol–water partition coefficient (Wildman–Crippen LogP) is 6.90. The van der Waals surface area contributed by atoms with Gasteiger partial charge in [0.1, 0.15) is 11.9 Å². The van der Waals surface area contributed by atoms with Crippen LogP contribution in [0, 0.1) is 0 Å². The van der Waals surface area contributed by atoms with Gasteiger partial charge in [0.05, 0.1) is 15.7 Å². The molecule has 5 rings (SSSR count). The molecule has 0 bridgehead atoms. The van der Waals surface area contributed by atoms with E-state index >= 15 is 0 Å². The van der Waals surface area contributed by atoms with Gasteiger partial charge in [-0.1, -0.05) is 54.1 Å². The molecule has 2 aromatic carbocycles. The SMILES string of the molecule is Clc1cc(Cl)c(-c2cc(NC3CCCCC3)c3c(c2)C2CNCCC2O3)c(Cl)c1. The molecule has 3 aliphatic rings. The standard InChI is InChI=1S/C23H25Cl3N2O/c24-14-10-18(25)22(19(26)11-14)13-8-16-17-12-27-7-6-21(17)29-23(16)20(9-13)28-15-4-2-1-3-5-15/h8-11,15,17,21,27-28H,1-7,12H2. The summed E-state index contributed by atoms with van der Waals surface area (Å²) in [6, 6.07) is 8.36. The van der Waals surface area contributed by atoms with Crippen LogP contribution in [0.15, 0.2) is 24.3 Å². The number of halogens is 3. The second-order valence-electron chi connectivity index (χ2n) is 8.42. The minimum absolute atomic E-state index is 0.240. The van der Waals surface area contributed by atoms with Gasteiger partial charge >= 0.3 is 0 Å². The Morgan fingerprint density at radius 3 is 2.45 bits per heavy atom. The summed E-state index contributed by atoms with van der Waals surface area (Å²) in [5.41, 5.74) is 4.17. The van der Waals surface area contributed by atoms with Gasteiger partial charge in [-0.15, -0.1) is 0 Å². The lowest BCUT2D eigenvalue weighted by Crippen LogP contribution is -2.37. The van der Waals surface area contributed by atoms with Gasteiger partial charge in [-0.25, -0.2) is 0 Å². The summed E-state index contributed by atoms with van der Waals surface area (Å²) < 4.78 is 6.46. The Morgan fingerprint density at radius 1 is 0.931 bits per heavy atom. The molecule has 0 amide bonds. The number of ether oxygens (including phenoxy) is 1. The molecule has 2 fully saturated rings.